The number of nitrogens with zero attached hydrogens (tertiary/aromatic N) is 4. The van der Waals surface area contributed by atoms with E-state index >= 15 is 0 Å². The standard InChI is InChI=1S/C17H19N5O4/c18-17-20-15-14(16(21-17)25-8-10-4-2-1-3-5-10)19-9-22(15)13-6-11(24)12(7-23)26-13/h1-5,9,11-13,23-24H,6-8H2,(H2,18,20,21)/t11?,12-,13-/m1/s1. The molecule has 1 unspecified atom stereocenters. The molecule has 2 aromatic heterocycles. The number of nitrogen functional groups attached to an aromatic ring is 1. The number of rotatable bonds is 5. The average molecular weight is 357 g/mol. The Morgan fingerprint density at radius 1 is 1.27 bits per heavy atom. The number of aliphatic hydroxyl groups excluding tert-OH is 2. The van der Waals surface area contributed by atoms with E-state index in [1.165, 1.54) is 0 Å². The van der Waals surface area contributed by atoms with Crippen molar-refractivity contribution in [1.82, 2.24) is 19.5 Å². The third-order valence-electron chi connectivity index (χ3n) is 4.32. The Hall–Kier alpha value is -2.75. The minimum atomic E-state index is -0.754. The smallest absolute Gasteiger partial charge is 0.247 e. The van der Waals surface area contributed by atoms with Gasteiger partial charge in [-0.3, -0.25) is 4.57 Å². The number of anilines is 1. The third kappa shape index (κ3) is 3.07. The maximum Gasteiger partial charge on any atom is 0.247 e. The quantitative estimate of drug-likeness (QED) is 0.606. The molecule has 4 rings (SSSR count). The first-order valence-electron chi connectivity index (χ1n) is 8.27. The van der Waals surface area contributed by atoms with Crippen molar-refractivity contribution < 1.29 is 19.7 Å². The summed E-state index contributed by atoms with van der Waals surface area (Å²) in [6.07, 6.45) is -0.0177. The van der Waals surface area contributed by atoms with Crippen molar-refractivity contribution in [3.63, 3.8) is 0 Å². The summed E-state index contributed by atoms with van der Waals surface area (Å²) in [6, 6.07) is 9.68. The van der Waals surface area contributed by atoms with Crippen molar-refractivity contribution in [3.8, 4) is 5.88 Å². The summed E-state index contributed by atoms with van der Waals surface area (Å²) >= 11 is 0. The normalized spacial score (nSPS) is 22.8. The van der Waals surface area contributed by atoms with Crippen LogP contribution in [0.4, 0.5) is 5.95 Å². The van der Waals surface area contributed by atoms with Crippen LogP contribution in [-0.2, 0) is 11.3 Å². The summed E-state index contributed by atoms with van der Waals surface area (Å²) in [4.78, 5) is 12.7. The molecule has 3 heterocycles. The molecule has 0 bridgehead atoms. The van der Waals surface area contributed by atoms with Crippen molar-refractivity contribution in [2.45, 2.75) is 31.5 Å². The lowest BCUT2D eigenvalue weighted by atomic mass is 10.2. The molecule has 1 aliphatic heterocycles. The summed E-state index contributed by atoms with van der Waals surface area (Å²) in [6.45, 7) is 0.0668. The zero-order chi connectivity index (χ0) is 18.1. The second-order valence-corrected chi connectivity index (χ2v) is 6.10. The molecule has 0 radical (unpaired) electrons. The van der Waals surface area contributed by atoms with Gasteiger partial charge < -0.3 is 25.4 Å². The monoisotopic (exact) mass is 357 g/mol. The van der Waals surface area contributed by atoms with Gasteiger partial charge in [-0.1, -0.05) is 30.3 Å². The Labute approximate surface area is 149 Å². The second-order valence-electron chi connectivity index (χ2n) is 6.10. The first kappa shape index (κ1) is 16.7. The lowest BCUT2D eigenvalue weighted by molar-refractivity contribution is -0.0432. The Kier molecular flexibility index (Phi) is 4.41. The molecule has 1 aliphatic rings. The zero-order valence-electron chi connectivity index (χ0n) is 13.9. The molecule has 9 nitrogen and oxygen atoms in total. The molecule has 0 amide bonds. The fraction of sp³-hybridized carbons (Fsp3) is 0.353. The lowest BCUT2D eigenvalue weighted by Gasteiger charge is -2.14. The maximum absolute atomic E-state index is 9.95. The highest BCUT2D eigenvalue weighted by Gasteiger charge is 2.35. The van der Waals surface area contributed by atoms with Gasteiger partial charge in [-0.05, 0) is 5.56 Å². The number of aliphatic hydroxyl groups is 2. The largest absolute Gasteiger partial charge is 0.471 e. The predicted octanol–water partition coefficient (Wildman–Crippen LogP) is 0.628. The van der Waals surface area contributed by atoms with Gasteiger partial charge in [0.2, 0.25) is 11.8 Å². The van der Waals surface area contributed by atoms with Crippen molar-refractivity contribution in [3.05, 3.63) is 42.2 Å². The molecule has 9 heteroatoms. The van der Waals surface area contributed by atoms with Crippen LogP contribution in [0.1, 0.15) is 18.2 Å². The molecule has 26 heavy (non-hydrogen) atoms. The molecule has 0 aliphatic carbocycles. The number of benzene rings is 1. The predicted molar refractivity (Wildman–Crippen MR) is 92.1 cm³/mol. The van der Waals surface area contributed by atoms with Gasteiger partial charge in [0.05, 0.1) is 19.0 Å². The summed E-state index contributed by atoms with van der Waals surface area (Å²) in [5.74, 6) is 0.340. The number of fused-ring (bicyclic) bond motifs is 1. The van der Waals surface area contributed by atoms with E-state index in [-0.39, 0.29) is 18.4 Å². The Balaban J connectivity index is 1.63. The van der Waals surface area contributed by atoms with Crippen molar-refractivity contribution in [1.29, 1.82) is 0 Å². The van der Waals surface area contributed by atoms with Gasteiger partial charge in [-0.2, -0.15) is 9.97 Å². The van der Waals surface area contributed by atoms with Crippen molar-refractivity contribution in [2.75, 3.05) is 12.3 Å². The first-order chi connectivity index (χ1) is 12.7. The number of ether oxygens (including phenoxy) is 2. The minimum Gasteiger partial charge on any atom is -0.471 e. The summed E-state index contributed by atoms with van der Waals surface area (Å²) in [7, 11) is 0. The number of imidazole rings is 1. The van der Waals surface area contributed by atoms with Gasteiger partial charge in [0.1, 0.15) is 18.9 Å². The molecule has 0 saturated carbocycles. The van der Waals surface area contributed by atoms with E-state index in [1.54, 1.807) is 10.9 Å². The van der Waals surface area contributed by atoms with E-state index in [1.807, 2.05) is 30.3 Å². The van der Waals surface area contributed by atoms with E-state index in [0.29, 0.717) is 24.2 Å². The molecule has 3 atom stereocenters. The fourth-order valence-corrected chi connectivity index (χ4v) is 2.99. The van der Waals surface area contributed by atoms with Crippen LogP contribution in [-0.4, -0.2) is 48.5 Å². The number of nitrogens with two attached hydrogens (primary N) is 1. The van der Waals surface area contributed by atoms with Crippen LogP contribution < -0.4 is 10.5 Å². The highest BCUT2D eigenvalue weighted by molar-refractivity contribution is 5.77. The van der Waals surface area contributed by atoms with Crippen LogP contribution in [0.15, 0.2) is 36.7 Å². The first-order valence-corrected chi connectivity index (χ1v) is 8.27. The Morgan fingerprint density at radius 3 is 2.81 bits per heavy atom. The lowest BCUT2D eigenvalue weighted by Crippen LogP contribution is -2.24. The van der Waals surface area contributed by atoms with Gasteiger partial charge in [0.25, 0.3) is 0 Å². The fourth-order valence-electron chi connectivity index (χ4n) is 2.99. The molecule has 4 N–H and O–H groups in total. The van der Waals surface area contributed by atoms with Gasteiger partial charge >= 0.3 is 0 Å². The van der Waals surface area contributed by atoms with E-state index in [9.17, 15) is 10.2 Å². The molecule has 1 aromatic carbocycles. The topological polar surface area (TPSA) is 129 Å². The maximum atomic E-state index is 9.95. The van der Waals surface area contributed by atoms with Crippen LogP contribution in [0.5, 0.6) is 5.88 Å². The molecule has 1 saturated heterocycles. The number of hydrogen-bond donors (Lipinski definition) is 3. The second kappa shape index (κ2) is 6.87. The molecular weight excluding hydrogens is 338 g/mol. The number of aromatic nitrogens is 4. The summed E-state index contributed by atoms with van der Waals surface area (Å²) in [5, 5.41) is 19.2. The molecule has 3 aromatic rings. The van der Waals surface area contributed by atoms with E-state index < -0.39 is 18.4 Å². The van der Waals surface area contributed by atoms with Gasteiger partial charge in [0.15, 0.2) is 11.2 Å². The average Bonchev–Trinajstić information content (AvgIpc) is 3.23. The number of hydrogen-bond acceptors (Lipinski definition) is 8. The van der Waals surface area contributed by atoms with Gasteiger partial charge in [-0.15, -0.1) is 0 Å². The Bertz CT molecular complexity index is 901. The zero-order valence-corrected chi connectivity index (χ0v) is 13.9. The highest BCUT2D eigenvalue weighted by Crippen LogP contribution is 2.32. The summed E-state index contributed by atoms with van der Waals surface area (Å²) < 4.78 is 13.1. The molecule has 1 fully saturated rings. The van der Waals surface area contributed by atoms with E-state index in [2.05, 4.69) is 15.0 Å². The van der Waals surface area contributed by atoms with Crippen molar-refractivity contribution >= 4 is 17.1 Å². The van der Waals surface area contributed by atoms with Gasteiger partial charge in [0, 0.05) is 6.42 Å². The van der Waals surface area contributed by atoms with Crippen LogP contribution in [0.2, 0.25) is 0 Å². The van der Waals surface area contributed by atoms with Gasteiger partial charge in [-0.25, -0.2) is 4.98 Å². The minimum absolute atomic E-state index is 0.0552. The van der Waals surface area contributed by atoms with Crippen LogP contribution in [0.25, 0.3) is 11.2 Å². The van der Waals surface area contributed by atoms with E-state index in [4.69, 9.17) is 15.2 Å². The highest BCUT2D eigenvalue weighted by atomic mass is 16.5. The molecular formula is C17H19N5O4. The van der Waals surface area contributed by atoms with Crippen LogP contribution in [0.3, 0.4) is 0 Å². The third-order valence-corrected chi connectivity index (χ3v) is 4.32. The SMILES string of the molecule is Nc1nc(OCc2ccccc2)c2ncn([C@H]3CC(O)[C@@H](CO)O3)c2n1. The van der Waals surface area contributed by atoms with E-state index in [0.717, 1.165) is 5.56 Å². The molecule has 0 spiro atoms. The van der Waals surface area contributed by atoms with Crippen LogP contribution >= 0.6 is 0 Å². The molecule has 136 valence electrons. The summed E-state index contributed by atoms with van der Waals surface area (Å²) in [5.41, 5.74) is 7.73. The Morgan fingerprint density at radius 2 is 2.08 bits per heavy atom. The van der Waals surface area contributed by atoms with Crippen LogP contribution in [0, 0.1) is 0 Å². The van der Waals surface area contributed by atoms with Crippen molar-refractivity contribution in [2.24, 2.45) is 0 Å².